The van der Waals surface area contributed by atoms with Crippen molar-refractivity contribution in [1.29, 1.82) is 0 Å². The molecule has 24 heavy (non-hydrogen) atoms. The van der Waals surface area contributed by atoms with Gasteiger partial charge >= 0.3 is 5.69 Å². The molecule has 0 spiro atoms. The van der Waals surface area contributed by atoms with E-state index in [9.17, 15) is 19.3 Å². The Morgan fingerprint density at radius 3 is 2.75 bits per heavy atom. The third kappa shape index (κ3) is 3.06. The molecule has 120 valence electrons. The van der Waals surface area contributed by atoms with Gasteiger partial charge in [0.15, 0.2) is 0 Å². The zero-order chi connectivity index (χ0) is 17.3. The van der Waals surface area contributed by atoms with Gasteiger partial charge in [0.25, 0.3) is 5.91 Å². The number of nitro groups is 1. The van der Waals surface area contributed by atoms with Gasteiger partial charge in [-0.1, -0.05) is 22.0 Å². The number of hydrogen-bond donors (Lipinski definition) is 1. The van der Waals surface area contributed by atoms with Crippen LogP contribution in [0.4, 0.5) is 15.9 Å². The van der Waals surface area contributed by atoms with Gasteiger partial charge in [0.1, 0.15) is 12.1 Å². The molecule has 0 atom stereocenters. The number of aromatic nitrogens is 2. The third-order valence-corrected chi connectivity index (χ3v) is 3.71. The van der Waals surface area contributed by atoms with E-state index in [1.165, 1.54) is 0 Å². The highest BCUT2D eigenvalue weighted by molar-refractivity contribution is 9.10. The van der Waals surface area contributed by atoms with E-state index in [1.54, 1.807) is 24.3 Å². The van der Waals surface area contributed by atoms with Gasteiger partial charge in [-0.3, -0.25) is 14.9 Å². The van der Waals surface area contributed by atoms with Crippen LogP contribution in [0.3, 0.4) is 0 Å². The molecule has 0 radical (unpaired) electrons. The number of anilines is 1. The zero-order valence-corrected chi connectivity index (χ0v) is 13.4. The fourth-order valence-electron chi connectivity index (χ4n) is 2.12. The van der Waals surface area contributed by atoms with Crippen LogP contribution in [0.15, 0.2) is 47.2 Å². The topological polar surface area (TPSA) is 98.0 Å². The molecule has 0 aliphatic heterocycles. The van der Waals surface area contributed by atoms with Crippen LogP contribution in [0.2, 0.25) is 0 Å². The highest BCUT2D eigenvalue weighted by Gasteiger charge is 2.18. The summed E-state index contributed by atoms with van der Waals surface area (Å²) in [6, 6.07) is 8.61. The summed E-state index contributed by atoms with van der Waals surface area (Å²) in [5, 5.41) is 13.6. The summed E-state index contributed by atoms with van der Waals surface area (Å²) < 4.78 is 14.4. The number of fused-ring (bicyclic) bond motifs is 1. The second-order valence-corrected chi connectivity index (χ2v) is 5.68. The second kappa shape index (κ2) is 6.28. The van der Waals surface area contributed by atoms with Crippen molar-refractivity contribution in [2.75, 3.05) is 5.32 Å². The Kier molecular flexibility index (Phi) is 4.17. The maximum absolute atomic E-state index is 13.7. The Labute approximate surface area is 142 Å². The molecule has 1 N–H and O–H groups in total. The smallest absolute Gasteiger partial charge is 0.305 e. The van der Waals surface area contributed by atoms with Gasteiger partial charge in [0, 0.05) is 22.2 Å². The molecule has 9 heteroatoms. The summed E-state index contributed by atoms with van der Waals surface area (Å²) in [4.78, 5) is 30.1. The van der Waals surface area contributed by atoms with E-state index in [-0.39, 0.29) is 16.7 Å². The number of nitrogens with one attached hydrogen (secondary N) is 1. The van der Waals surface area contributed by atoms with Crippen LogP contribution in [0.1, 0.15) is 10.4 Å². The van der Waals surface area contributed by atoms with Gasteiger partial charge in [0.05, 0.1) is 15.8 Å². The fraction of sp³-hybridized carbons (Fsp3) is 0. The van der Waals surface area contributed by atoms with Crippen LogP contribution in [-0.2, 0) is 0 Å². The molecule has 1 aromatic heterocycles. The van der Waals surface area contributed by atoms with Crippen molar-refractivity contribution >= 4 is 44.2 Å². The number of rotatable bonds is 3. The van der Waals surface area contributed by atoms with E-state index >= 15 is 0 Å². The fourth-order valence-corrected chi connectivity index (χ4v) is 2.51. The predicted molar refractivity (Wildman–Crippen MR) is 88.2 cm³/mol. The standard InChI is InChI=1S/C15H8BrFN4O3/c16-9-3-1-2-8(4-9)15(22)20-14-10-5-13(21(23)24)11(17)6-12(10)18-7-19-14/h1-7H,(H,18,19,20,22). The second-order valence-electron chi connectivity index (χ2n) is 4.76. The maximum Gasteiger partial charge on any atom is 0.305 e. The monoisotopic (exact) mass is 390 g/mol. The van der Waals surface area contributed by atoms with E-state index in [0.29, 0.717) is 5.56 Å². The van der Waals surface area contributed by atoms with Gasteiger partial charge in [0.2, 0.25) is 5.82 Å². The van der Waals surface area contributed by atoms with E-state index in [1.807, 2.05) is 0 Å². The highest BCUT2D eigenvalue weighted by Crippen LogP contribution is 2.27. The first-order valence-electron chi connectivity index (χ1n) is 6.61. The number of carbonyl (C=O) groups is 1. The van der Waals surface area contributed by atoms with Crippen LogP contribution in [-0.4, -0.2) is 20.8 Å². The minimum absolute atomic E-state index is 0.0630. The Morgan fingerprint density at radius 1 is 1.25 bits per heavy atom. The Balaban J connectivity index is 2.04. The van der Waals surface area contributed by atoms with Crippen molar-refractivity contribution < 1.29 is 14.1 Å². The summed E-state index contributed by atoms with van der Waals surface area (Å²) in [6.45, 7) is 0. The molecule has 0 aliphatic rings. The number of benzene rings is 2. The molecule has 0 saturated carbocycles. The van der Waals surface area contributed by atoms with E-state index in [2.05, 4.69) is 31.2 Å². The lowest BCUT2D eigenvalue weighted by molar-refractivity contribution is -0.387. The van der Waals surface area contributed by atoms with Crippen LogP contribution in [0, 0.1) is 15.9 Å². The van der Waals surface area contributed by atoms with Crippen LogP contribution >= 0.6 is 15.9 Å². The first-order chi connectivity index (χ1) is 11.5. The Morgan fingerprint density at radius 2 is 2.04 bits per heavy atom. The number of amides is 1. The number of nitrogens with zero attached hydrogens (tertiary/aromatic N) is 3. The van der Waals surface area contributed by atoms with Gasteiger partial charge in [-0.15, -0.1) is 0 Å². The van der Waals surface area contributed by atoms with Crippen LogP contribution in [0.5, 0.6) is 0 Å². The van der Waals surface area contributed by atoms with E-state index in [0.717, 1.165) is 22.9 Å². The molecule has 3 rings (SSSR count). The predicted octanol–water partition coefficient (Wildman–Crippen LogP) is 3.69. The minimum atomic E-state index is -1.00. The molecule has 1 heterocycles. The highest BCUT2D eigenvalue weighted by atomic mass is 79.9. The summed E-state index contributed by atoms with van der Waals surface area (Å²) in [5.41, 5.74) is -0.194. The quantitative estimate of drug-likeness (QED) is 0.543. The first kappa shape index (κ1) is 15.9. The molecule has 7 nitrogen and oxygen atoms in total. The van der Waals surface area contributed by atoms with Gasteiger partial charge < -0.3 is 5.32 Å². The molecule has 0 aliphatic carbocycles. The third-order valence-electron chi connectivity index (χ3n) is 3.22. The number of nitro benzene ring substituents is 1. The Hall–Kier alpha value is -2.94. The largest absolute Gasteiger partial charge is 0.306 e. The van der Waals surface area contributed by atoms with Gasteiger partial charge in [-0.05, 0) is 18.2 Å². The summed E-state index contributed by atoms with van der Waals surface area (Å²) in [6.07, 6.45) is 1.14. The zero-order valence-electron chi connectivity index (χ0n) is 11.9. The maximum atomic E-state index is 13.7. The lowest BCUT2D eigenvalue weighted by Gasteiger charge is -2.08. The Bertz CT molecular complexity index is 980. The molecule has 0 saturated heterocycles. The summed E-state index contributed by atoms with van der Waals surface area (Å²) in [7, 11) is 0. The van der Waals surface area contributed by atoms with Crippen molar-refractivity contribution in [1.82, 2.24) is 9.97 Å². The van der Waals surface area contributed by atoms with Crippen molar-refractivity contribution in [3.05, 3.63) is 68.7 Å². The van der Waals surface area contributed by atoms with Crippen LogP contribution in [0.25, 0.3) is 10.9 Å². The van der Waals surface area contributed by atoms with E-state index < -0.39 is 22.3 Å². The summed E-state index contributed by atoms with van der Waals surface area (Å²) >= 11 is 3.27. The van der Waals surface area contributed by atoms with E-state index in [4.69, 9.17) is 0 Å². The van der Waals surface area contributed by atoms with Gasteiger partial charge in [-0.2, -0.15) is 4.39 Å². The minimum Gasteiger partial charge on any atom is -0.306 e. The lowest BCUT2D eigenvalue weighted by atomic mass is 10.2. The molecular weight excluding hydrogens is 383 g/mol. The average molecular weight is 391 g/mol. The SMILES string of the molecule is O=C(Nc1ncnc2cc(F)c([N+](=O)[O-])cc12)c1cccc(Br)c1. The molecule has 3 aromatic rings. The van der Waals surface area contributed by atoms with Crippen LogP contribution < -0.4 is 5.32 Å². The van der Waals surface area contributed by atoms with Crippen molar-refractivity contribution in [3.8, 4) is 0 Å². The molecule has 0 fully saturated rings. The number of hydrogen-bond acceptors (Lipinski definition) is 5. The average Bonchev–Trinajstić information content (AvgIpc) is 2.54. The van der Waals surface area contributed by atoms with Crippen molar-refractivity contribution in [3.63, 3.8) is 0 Å². The van der Waals surface area contributed by atoms with Gasteiger partial charge in [-0.25, -0.2) is 9.97 Å². The number of halogens is 2. The molecule has 0 bridgehead atoms. The lowest BCUT2D eigenvalue weighted by Crippen LogP contribution is -2.13. The first-order valence-corrected chi connectivity index (χ1v) is 7.40. The normalized spacial score (nSPS) is 10.6. The van der Waals surface area contributed by atoms with Crippen molar-refractivity contribution in [2.24, 2.45) is 0 Å². The molecular formula is C15H8BrFN4O3. The molecule has 0 unspecified atom stereocenters. The molecule has 1 amide bonds. The summed E-state index contributed by atoms with van der Waals surface area (Å²) in [5.74, 6) is -1.40. The van der Waals surface area contributed by atoms with Crippen molar-refractivity contribution in [2.45, 2.75) is 0 Å². The number of carbonyl (C=O) groups excluding carboxylic acids is 1. The molecule has 2 aromatic carbocycles.